The van der Waals surface area contributed by atoms with E-state index in [2.05, 4.69) is 43.0 Å². The highest BCUT2D eigenvalue weighted by Gasteiger charge is 2.17. The minimum atomic E-state index is 0.847. The lowest BCUT2D eigenvalue weighted by atomic mass is 9.97. The molecule has 1 unspecified atom stereocenters. The number of unbranched alkanes of at least 4 members (excludes halogenated alkanes) is 1. The second kappa shape index (κ2) is 6.20. The van der Waals surface area contributed by atoms with E-state index in [1.165, 1.54) is 38.8 Å². The Bertz CT molecular complexity index is 345. The van der Waals surface area contributed by atoms with Crippen molar-refractivity contribution in [2.24, 2.45) is 5.92 Å². The van der Waals surface area contributed by atoms with Crippen LogP contribution in [-0.2, 0) is 13.0 Å². The van der Waals surface area contributed by atoms with Crippen LogP contribution in [0.3, 0.4) is 0 Å². The van der Waals surface area contributed by atoms with E-state index in [9.17, 15) is 0 Å². The molecule has 0 amide bonds. The molecule has 94 valence electrons. The molecule has 0 N–H and O–H groups in total. The standard InChI is InChI=1S/C16H25N/c1-3-4-7-14(2)12-17-11-10-15-8-5-6-9-16(15)13-17/h5-6,8-9,14H,3-4,7,10-13H2,1-2H3. The molecule has 1 atom stereocenters. The molecule has 0 aliphatic carbocycles. The van der Waals surface area contributed by atoms with Gasteiger partial charge in [-0.05, 0) is 29.9 Å². The summed E-state index contributed by atoms with van der Waals surface area (Å²) in [7, 11) is 0. The molecular formula is C16H25N. The van der Waals surface area contributed by atoms with Crippen LogP contribution in [-0.4, -0.2) is 18.0 Å². The molecule has 0 saturated carbocycles. The van der Waals surface area contributed by atoms with Crippen LogP contribution >= 0.6 is 0 Å². The quantitative estimate of drug-likeness (QED) is 0.743. The first-order valence-corrected chi connectivity index (χ1v) is 7.08. The molecule has 0 aromatic heterocycles. The first-order chi connectivity index (χ1) is 8.29. The van der Waals surface area contributed by atoms with Gasteiger partial charge in [0.2, 0.25) is 0 Å². The third-order valence-corrected chi connectivity index (χ3v) is 3.83. The second-order valence-electron chi connectivity index (χ2n) is 5.50. The summed E-state index contributed by atoms with van der Waals surface area (Å²) >= 11 is 0. The number of nitrogens with zero attached hydrogens (tertiary/aromatic N) is 1. The zero-order valence-corrected chi connectivity index (χ0v) is 11.3. The maximum absolute atomic E-state index is 2.63. The van der Waals surface area contributed by atoms with Gasteiger partial charge in [-0.15, -0.1) is 0 Å². The second-order valence-corrected chi connectivity index (χ2v) is 5.50. The Balaban J connectivity index is 1.85. The minimum absolute atomic E-state index is 0.847. The van der Waals surface area contributed by atoms with Gasteiger partial charge in [-0.1, -0.05) is 51.0 Å². The summed E-state index contributed by atoms with van der Waals surface area (Å²) in [5, 5.41) is 0. The van der Waals surface area contributed by atoms with Crippen LogP contribution in [0.4, 0.5) is 0 Å². The van der Waals surface area contributed by atoms with Crippen LogP contribution in [0, 0.1) is 5.92 Å². The molecule has 17 heavy (non-hydrogen) atoms. The van der Waals surface area contributed by atoms with Crippen LogP contribution in [0.15, 0.2) is 24.3 Å². The van der Waals surface area contributed by atoms with Crippen molar-refractivity contribution in [2.45, 2.75) is 46.1 Å². The first-order valence-electron chi connectivity index (χ1n) is 7.08. The topological polar surface area (TPSA) is 3.24 Å². The summed E-state index contributed by atoms with van der Waals surface area (Å²) in [5.41, 5.74) is 3.10. The molecule has 1 aliphatic heterocycles. The zero-order valence-electron chi connectivity index (χ0n) is 11.3. The average molecular weight is 231 g/mol. The van der Waals surface area contributed by atoms with E-state index < -0.39 is 0 Å². The van der Waals surface area contributed by atoms with Gasteiger partial charge in [-0.3, -0.25) is 4.90 Å². The normalized spacial score (nSPS) is 17.8. The van der Waals surface area contributed by atoms with Crippen LogP contribution in [0.1, 0.15) is 44.2 Å². The van der Waals surface area contributed by atoms with E-state index in [4.69, 9.17) is 0 Å². The van der Waals surface area contributed by atoms with Crippen molar-refractivity contribution in [3.8, 4) is 0 Å². The average Bonchev–Trinajstić information content (AvgIpc) is 2.36. The van der Waals surface area contributed by atoms with Crippen LogP contribution in [0.25, 0.3) is 0 Å². The summed E-state index contributed by atoms with van der Waals surface area (Å²) < 4.78 is 0. The van der Waals surface area contributed by atoms with Crippen LogP contribution in [0.5, 0.6) is 0 Å². The fraction of sp³-hybridized carbons (Fsp3) is 0.625. The molecule has 0 radical (unpaired) electrons. The van der Waals surface area contributed by atoms with Gasteiger partial charge in [0.1, 0.15) is 0 Å². The lowest BCUT2D eigenvalue weighted by Crippen LogP contribution is -2.33. The molecule has 1 heteroatoms. The predicted octanol–water partition coefficient (Wildman–Crippen LogP) is 3.87. The Morgan fingerprint density at radius 2 is 2.00 bits per heavy atom. The van der Waals surface area contributed by atoms with Crippen molar-refractivity contribution in [3.05, 3.63) is 35.4 Å². The van der Waals surface area contributed by atoms with Crippen LogP contribution in [0.2, 0.25) is 0 Å². The van der Waals surface area contributed by atoms with E-state index in [0.717, 1.165) is 12.5 Å². The molecular weight excluding hydrogens is 206 g/mol. The lowest BCUT2D eigenvalue weighted by Gasteiger charge is -2.30. The van der Waals surface area contributed by atoms with Gasteiger partial charge in [0.15, 0.2) is 0 Å². The van der Waals surface area contributed by atoms with Gasteiger partial charge in [0.05, 0.1) is 0 Å². The van der Waals surface area contributed by atoms with Crippen molar-refractivity contribution in [1.82, 2.24) is 4.90 Å². The molecule has 0 saturated heterocycles. The summed E-state index contributed by atoms with van der Waals surface area (Å²) in [6, 6.07) is 8.91. The highest BCUT2D eigenvalue weighted by Crippen LogP contribution is 2.20. The lowest BCUT2D eigenvalue weighted by molar-refractivity contribution is 0.214. The van der Waals surface area contributed by atoms with E-state index in [-0.39, 0.29) is 0 Å². The van der Waals surface area contributed by atoms with Gasteiger partial charge >= 0.3 is 0 Å². The molecule has 0 bridgehead atoms. The summed E-state index contributed by atoms with van der Waals surface area (Å²) in [5.74, 6) is 0.847. The molecule has 0 spiro atoms. The van der Waals surface area contributed by atoms with Crippen molar-refractivity contribution >= 4 is 0 Å². The third-order valence-electron chi connectivity index (χ3n) is 3.83. The number of rotatable bonds is 5. The van der Waals surface area contributed by atoms with E-state index >= 15 is 0 Å². The Hall–Kier alpha value is -0.820. The van der Waals surface area contributed by atoms with Gasteiger partial charge in [0.25, 0.3) is 0 Å². The van der Waals surface area contributed by atoms with Crippen molar-refractivity contribution < 1.29 is 0 Å². The molecule has 1 nitrogen and oxygen atoms in total. The van der Waals surface area contributed by atoms with Gasteiger partial charge < -0.3 is 0 Å². The Kier molecular flexibility index (Phi) is 4.61. The van der Waals surface area contributed by atoms with Gasteiger partial charge in [-0.2, -0.15) is 0 Å². The molecule has 1 aliphatic rings. The van der Waals surface area contributed by atoms with Gasteiger partial charge in [0, 0.05) is 19.6 Å². The van der Waals surface area contributed by atoms with E-state index in [1.807, 2.05) is 0 Å². The van der Waals surface area contributed by atoms with Crippen molar-refractivity contribution in [3.63, 3.8) is 0 Å². The monoisotopic (exact) mass is 231 g/mol. The van der Waals surface area contributed by atoms with Crippen molar-refractivity contribution in [2.75, 3.05) is 13.1 Å². The Morgan fingerprint density at radius 1 is 1.24 bits per heavy atom. The molecule has 1 heterocycles. The first kappa shape index (κ1) is 12.6. The maximum atomic E-state index is 2.63. The van der Waals surface area contributed by atoms with Crippen molar-refractivity contribution in [1.29, 1.82) is 0 Å². The zero-order chi connectivity index (χ0) is 12.1. The van der Waals surface area contributed by atoms with Gasteiger partial charge in [-0.25, -0.2) is 0 Å². The molecule has 1 aromatic rings. The number of benzene rings is 1. The fourth-order valence-electron chi connectivity index (χ4n) is 2.79. The van der Waals surface area contributed by atoms with Crippen LogP contribution < -0.4 is 0 Å². The molecule has 2 rings (SSSR count). The van der Waals surface area contributed by atoms with E-state index in [1.54, 1.807) is 11.1 Å². The predicted molar refractivity (Wildman–Crippen MR) is 74.1 cm³/mol. The van der Waals surface area contributed by atoms with E-state index in [0.29, 0.717) is 0 Å². The smallest absolute Gasteiger partial charge is 0.0236 e. The Morgan fingerprint density at radius 3 is 2.76 bits per heavy atom. The highest BCUT2D eigenvalue weighted by molar-refractivity contribution is 5.28. The summed E-state index contributed by atoms with van der Waals surface area (Å²) in [6.45, 7) is 8.36. The highest BCUT2D eigenvalue weighted by atomic mass is 15.1. The fourth-order valence-corrected chi connectivity index (χ4v) is 2.79. The maximum Gasteiger partial charge on any atom is 0.0236 e. The Labute approximate surface area is 106 Å². The third kappa shape index (κ3) is 3.57. The summed E-state index contributed by atoms with van der Waals surface area (Å²) in [4.78, 5) is 2.63. The number of hydrogen-bond donors (Lipinski definition) is 0. The number of hydrogen-bond acceptors (Lipinski definition) is 1. The molecule has 0 fully saturated rings. The summed E-state index contributed by atoms with van der Waals surface area (Å²) in [6.07, 6.45) is 5.32. The largest absolute Gasteiger partial charge is 0.298 e. The molecule has 1 aromatic carbocycles. The minimum Gasteiger partial charge on any atom is -0.298 e. The number of fused-ring (bicyclic) bond motifs is 1. The SMILES string of the molecule is CCCCC(C)CN1CCc2ccccc2C1.